The summed E-state index contributed by atoms with van der Waals surface area (Å²) in [5, 5.41) is 6.13. The highest BCUT2D eigenvalue weighted by Crippen LogP contribution is 2.17. The van der Waals surface area contributed by atoms with Crippen molar-refractivity contribution in [3.05, 3.63) is 29.3 Å². The quantitative estimate of drug-likeness (QED) is 0.809. The molecule has 4 nitrogen and oxygen atoms in total. The van der Waals surface area contributed by atoms with Crippen LogP contribution in [-0.2, 0) is 4.74 Å². The molecule has 0 aliphatic heterocycles. The van der Waals surface area contributed by atoms with Crippen molar-refractivity contribution in [1.29, 1.82) is 0 Å². The second kappa shape index (κ2) is 7.17. The van der Waals surface area contributed by atoms with Crippen molar-refractivity contribution in [3.8, 4) is 0 Å². The van der Waals surface area contributed by atoms with Crippen LogP contribution in [0.2, 0.25) is 0 Å². The number of aryl methyl sites for hydroxylation is 1. The minimum absolute atomic E-state index is 0.357. The molecule has 0 saturated heterocycles. The summed E-state index contributed by atoms with van der Waals surface area (Å²) in [6, 6.07) is 6.22. The molecule has 1 rings (SSSR count). The molecule has 0 unspecified atom stereocenters. The van der Waals surface area contributed by atoms with E-state index in [1.165, 1.54) is 11.1 Å². The highest BCUT2D eigenvalue weighted by molar-refractivity contribution is 5.67. The molecule has 112 valence electrons. The normalized spacial score (nSPS) is 11.1. The highest BCUT2D eigenvalue weighted by Gasteiger charge is 2.15. The molecule has 2 N–H and O–H groups in total. The number of ether oxygens (including phenoxy) is 1. The fourth-order valence-corrected chi connectivity index (χ4v) is 1.76. The highest BCUT2D eigenvalue weighted by atomic mass is 16.6. The third-order valence-corrected chi connectivity index (χ3v) is 2.94. The molecule has 0 spiro atoms. The summed E-state index contributed by atoms with van der Waals surface area (Å²) in [6.45, 7) is 11.2. The number of hydrogen-bond donors (Lipinski definition) is 2. The predicted molar refractivity (Wildman–Crippen MR) is 83.3 cm³/mol. The molecule has 1 aromatic rings. The van der Waals surface area contributed by atoms with E-state index in [0.717, 1.165) is 18.7 Å². The molecule has 0 bridgehead atoms. The van der Waals surface area contributed by atoms with Gasteiger partial charge >= 0.3 is 6.09 Å². The first-order chi connectivity index (χ1) is 9.29. The summed E-state index contributed by atoms with van der Waals surface area (Å²) >= 11 is 0. The molecule has 1 amide bonds. The standard InChI is InChI=1S/C16H26N2O2/c1-12-8-6-9-14(13(12)2)17-10-7-11-18-15(19)20-16(3,4)5/h6,8-9,17H,7,10-11H2,1-5H3,(H,18,19). The van der Waals surface area contributed by atoms with Gasteiger partial charge in [-0.3, -0.25) is 0 Å². The molecular formula is C16H26N2O2. The zero-order valence-corrected chi connectivity index (χ0v) is 13.2. The summed E-state index contributed by atoms with van der Waals surface area (Å²) in [6.07, 6.45) is 0.497. The fraction of sp³-hybridized carbons (Fsp3) is 0.562. The summed E-state index contributed by atoms with van der Waals surface area (Å²) in [5.74, 6) is 0. The molecule has 0 saturated carbocycles. The first-order valence-corrected chi connectivity index (χ1v) is 7.06. The first-order valence-electron chi connectivity index (χ1n) is 7.06. The number of anilines is 1. The van der Waals surface area contributed by atoms with Crippen LogP contribution in [-0.4, -0.2) is 24.8 Å². The fourth-order valence-electron chi connectivity index (χ4n) is 1.76. The van der Waals surface area contributed by atoms with E-state index in [2.05, 4.69) is 36.6 Å². The van der Waals surface area contributed by atoms with Crippen molar-refractivity contribution in [1.82, 2.24) is 5.32 Å². The third kappa shape index (κ3) is 5.95. The maximum absolute atomic E-state index is 11.4. The Morgan fingerprint density at radius 2 is 1.90 bits per heavy atom. The Morgan fingerprint density at radius 1 is 1.20 bits per heavy atom. The molecule has 0 aliphatic rings. The Labute approximate surface area is 121 Å². The van der Waals surface area contributed by atoms with Gasteiger partial charge in [0.2, 0.25) is 0 Å². The van der Waals surface area contributed by atoms with Gasteiger partial charge < -0.3 is 15.4 Å². The number of hydrogen-bond acceptors (Lipinski definition) is 3. The number of carbonyl (C=O) groups excluding carboxylic acids is 1. The smallest absolute Gasteiger partial charge is 0.407 e. The Bertz CT molecular complexity index is 450. The van der Waals surface area contributed by atoms with Gasteiger partial charge in [0.25, 0.3) is 0 Å². The molecule has 0 atom stereocenters. The lowest BCUT2D eigenvalue weighted by Crippen LogP contribution is -2.33. The Hall–Kier alpha value is -1.71. The van der Waals surface area contributed by atoms with Crippen LogP contribution < -0.4 is 10.6 Å². The van der Waals surface area contributed by atoms with Crippen LogP contribution >= 0.6 is 0 Å². The predicted octanol–water partition coefficient (Wildman–Crippen LogP) is 3.63. The number of benzene rings is 1. The second-order valence-corrected chi connectivity index (χ2v) is 5.96. The van der Waals surface area contributed by atoms with Crippen LogP contribution in [0.4, 0.5) is 10.5 Å². The molecule has 0 aromatic heterocycles. The van der Waals surface area contributed by atoms with Crippen LogP contribution in [0.3, 0.4) is 0 Å². The van der Waals surface area contributed by atoms with Gasteiger partial charge in [-0.2, -0.15) is 0 Å². The van der Waals surface area contributed by atoms with E-state index in [1.54, 1.807) is 0 Å². The molecule has 0 heterocycles. The van der Waals surface area contributed by atoms with Crippen LogP contribution in [0.5, 0.6) is 0 Å². The molecule has 1 aromatic carbocycles. The number of rotatable bonds is 5. The van der Waals surface area contributed by atoms with Gasteiger partial charge in [-0.1, -0.05) is 12.1 Å². The monoisotopic (exact) mass is 278 g/mol. The van der Waals surface area contributed by atoms with Gasteiger partial charge in [0.1, 0.15) is 5.60 Å². The maximum Gasteiger partial charge on any atom is 0.407 e. The average molecular weight is 278 g/mol. The number of amides is 1. The van der Waals surface area contributed by atoms with Crippen molar-refractivity contribution < 1.29 is 9.53 Å². The van der Waals surface area contributed by atoms with E-state index in [-0.39, 0.29) is 6.09 Å². The lowest BCUT2D eigenvalue weighted by molar-refractivity contribution is 0.0528. The lowest BCUT2D eigenvalue weighted by Gasteiger charge is -2.19. The van der Waals surface area contributed by atoms with E-state index in [1.807, 2.05) is 26.8 Å². The minimum atomic E-state index is -0.443. The number of nitrogens with one attached hydrogen (secondary N) is 2. The average Bonchev–Trinajstić information content (AvgIpc) is 2.31. The second-order valence-electron chi connectivity index (χ2n) is 5.96. The Morgan fingerprint density at radius 3 is 2.55 bits per heavy atom. The van der Waals surface area contributed by atoms with Crippen LogP contribution in [0.15, 0.2) is 18.2 Å². The van der Waals surface area contributed by atoms with Crippen molar-refractivity contribution in [2.24, 2.45) is 0 Å². The van der Waals surface area contributed by atoms with Crippen LogP contribution in [0, 0.1) is 13.8 Å². The van der Waals surface area contributed by atoms with Crippen molar-refractivity contribution >= 4 is 11.8 Å². The minimum Gasteiger partial charge on any atom is -0.444 e. The van der Waals surface area contributed by atoms with E-state index < -0.39 is 5.60 Å². The Balaban J connectivity index is 2.23. The molecule has 4 heteroatoms. The zero-order valence-electron chi connectivity index (χ0n) is 13.2. The van der Waals surface area contributed by atoms with Gasteiger partial charge in [-0.15, -0.1) is 0 Å². The molecular weight excluding hydrogens is 252 g/mol. The van der Waals surface area contributed by atoms with E-state index in [4.69, 9.17) is 4.74 Å². The largest absolute Gasteiger partial charge is 0.444 e. The van der Waals surface area contributed by atoms with Gasteiger partial charge in [0.05, 0.1) is 0 Å². The van der Waals surface area contributed by atoms with Crippen molar-refractivity contribution in [2.75, 3.05) is 18.4 Å². The summed E-state index contributed by atoms with van der Waals surface area (Å²) in [5.41, 5.74) is 3.26. The molecule has 0 radical (unpaired) electrons. The van der Waals surface area contributed by atoms with Gasteiger partial charge in [-0.05, 0) is 58.2 Å². The number of alkyl carbamates (subject to hydrolysis) is 1. The van der Waals surface area contributed by atoms with Crippen LogP contribution in [0.25, 0.3) is 0 Å². The van der Waals surface area contributed by atoms with Crippen LogP contribution in [0.1, 0.15) is 38.3 Å². The SMILES string of the molecule is Cc1cccc(NCCCNC(=O)OC(C)(C)C)c1C. The van der Waals surface area contributed by atoms with E-state index in [0.29, 0.717) is 6.54 Å². The molecule has 20 heavy (non-hydrogen) atoms. The van der Waals surface area contributed by atoms with Crippen molar-refractivity contribution in [3.63, 3.8) is 0 Å². The summed E-state index contributed by atoms with van der Waals surface area (Å²) in [7, 11) is 0. The van der Waals surface area contributed by atoms with Gasteiger partial charge in [0.15, 0.2) is 0 Å². The topological polar surface area (TPSA) is 50.4 Å². The maximum atomic E-state index is 11.4. The number of carbonyl (C=O) groups is 1. The molecule has 0 aliphatic carbocycles. The summed E-state index contributed by atoms with van der Waals surface area (Å²) in [4.78, 5) is 11.4. The van der Waals surface area contributed by atoms with Gasteiger partial charge in [-0.25, -0.2) is 4.79 Å². The zero-order chi connectivity index (χ0) is 15.2. The third-order valence-electron chi connectivity index (χ3n) is 2.94. The van der Waals surface area contributed by atoms with E-state index >= 15 is 0 Å². The molecule has 0 fully saturated rings. The lowest BCUT2D eigenvalue weighted by atomic mass is 10.1. The first kappa shape index (κ1) is 16.3. The van der Waals surface area contributed by atoms with Gasteiger partial charge in [0, 0.05) is 18.8 Å². The summed E-state index contributed by atoms with van der Waals surface area (Å²) < 4.78 is 5.17. The Kier molecular flexibility index (Phi) is 5.86. The van der Waals surface area contributed by atoms with E-state index in [9.17, 15) is 4.79 Å². The van der Waals surface area contributed by atoms with Crippen molar-refractivity contribution in [2.45, 2.75) is 46.6 Å².